The van der Waals surface area contributed by atoms with E-state index < -0.39 is 0 Å². The molecule has 2 aromatic heterocycles. The van der Waals surface area contributed by atoms with Gasteiger partial charge in [0.15, 0.2) is 0 Å². The molecule has 130 valence electrons. The Hall–Kier alpha value is -1.88. The van der Waals surface area contributed by atoms with Crippen LogP contribution in [0.4, 0.5) is 5.95 Å². The van der Waals surface area contributed by atoms with Crippen LogP contribution in [-0.4, -0.2) is 27.6 Å². The smallest absolute Gasteiger partial charge is 0.225 e. The minimum atomic E-state index is 0.545. The van der Waals surface area contributed by atoms with Crippen LogP contribution in [0.1, 0.15) is 36.9 Å². The molecule has 25 heavy (non-hydrogen) atoms. The van der Waals surface area contributed by atoms with E-state index in [2.05, 4.69) is 73.6 Å². The molecule has 3 heterocycles. The second-order valence-electron chi connectivity index (χ2n) is 6.84. The van der Waals surface area contributed by atoms with Gasteiger partial charge in [-0.1, -0.05) is 22.9 Å². The highest BCUT2D eigenvalue weighted by Crippen LogP contribution is 2.32. The number of benzene rings is 1. The van der Waals surface area contributed by atoms with Crippen molar-refractivity contribution in [1.82, 2.24) is 14.5 Å². The van der Waals surface area contributed by atoms with Gasteiger partial charge in [-0.3, -0.25) is 0 Å². The van der Waals surface area contributed by atoms with Gasteiger partial charge in [-0.15, -0.1) is 0 Å². The van der Waals surface area contributed by atoms with E-state index in [0.717, 1.165) is 42.8 Å². The van der Waals surface area contributed by atoms with Crippen LogP contribution in [-0.2, 0) is 6.42 Å². The Morgan fingerprint density at radius 3 is 2.56 bits per heavy atom. The first-order valence-corrected chi connectivity index (χ1v) is 9.77. The third-order valence-corrected chi connectivity index (χ3v) is 5.73. The van der Waals surface area contributed by atoms with E-state index in [9.17, 15) is 0 Å². The van der Waals surface area contributed by atoms with Crippen LogP contribution < -0.4 is 4.90 Å². The van der Waals surface area contributed by atoms with Crippen molar-refractivity contribution in [2.24, 2.45) is 0 Å². The Kier molecular flexibility index (Phi) is 4.50. The van der Waals surface area contributed by atoms with E-state index >= 15 is 0 Å². The number of rotatable bonds is 3. The van der Waals surface area contributed by atoms with Gasteiger partial charge in [0.2, 0.25) is 5.95 Å². The fourth-order valence-electron chi connectivity index (χ4n) is 3.74. The van der Waals surface area contributed by atoms with Crippen molar-refractivity contribution in [2.45, 2.75) is 39.2 Å². The number of aryl methyl sites for hydroxylation is 2. The first-order valence-electron chi connectivity index (χ1n) is 8.98. The highest BCUT2D eigenvalue weighted by molar-refractivity contribution is 9.10. The van der Waals surface area contributed by atoms with Crippen molar-refractivity contribution in [3.63, 3.8) is 0 Å². The van der Waals surface area contributed by atoms with Gasteiger partial charge < -0.3 is 9.47 Å². The molecule has 4 rings (SSSR count). The first-order chi connectivity index (χ1) is 12.2. The molecule has 0 radical (unpaired) electrons. The van der Waals surface area contributed by atoms with Gasteiger partial charge in [-0.05, 0) is 55.5 Å². The van der Waals surface area contributed by atoms with Crippen LogP contribution in [0.2, 0.25) is 0 Å². The number of fused-ring (bicyclic) bond motifs is 1. The molecule has 0 bridgehead atoms. The highest BCUT2D eigenvalue weighted by atomic mass is 79.9. The van der Waals surface area contributed by atoms with Crippen molar-refractivity contribution >= 4 is 32.8 Å². The maximum atomic E-state index is 4.54. The molecule has 0 aliphatic carbocycles. The number of anilines is 1. The van der Waals surface area contributed by atoms with Gasteiger partial charge in [0.05, 0.1) is 0 Å². The molecule has 0 atom stereocenters. The quantitative estimate of drug-likeness (QED) is 0.628. The fourth-order valence-corrected chi connectivity index (χ4v) is 4.10. The van der Waals surface area contributed by atoms with Gasteiger partial charge in [-0.25, -0.2) is 9.97 Å². The van der Waals surface area contributed by atoms with Crippen molar-refractivity contribution in [3.8, 4) is 0 Å². The average molecular weight is 399 g/mol. The summed E-state index contributed by atoms with van der Waals surface area (Å²) in [6, 6.07) is 7.13. The van der Waals surface area contributed by atoms with E-state index in [4.69, 9.17) is 0 Å². The summed E-state index contributed by atoms with van der Waals surface area (Å²) in [6.07, 6.45) is 9.45. The molecule has 1 aliphatic heterocycles. The minimum Gasteiger partial charge on any atom is -0.344 e. The van der Waals surface area contributed by atoms with E-state index in [1.54, 1.807) is 0 Å². The second kappa shape index (κ2) is 6.79. The zero-order chi connectivity index (χ0) is 17.4. The normalized spacial score (nSPS) is 15.9. The predicted molar refractivity (Wildman–Crippen MR) is 106 cm³/mol. The standard InChI is InChI=1S/C20H23BrN4/c1-3-15-11-22-20(23-12-15)24-8-6-17(7-9-24)25-13-14(2)18-10-16(21)4-5-19(18)25/h4-5,10-13,17H,3,6-9H2,1-2H3. The molecule has 0 spiro atoms. The Morgan fingerprint density at radius 2 is 1.88 bits per heavy atom. The number of piperidine rings is 1. The summed E-state index contributed by atoms with van der Waals surface area (Å²) in [5, 5.41) is 1.34. The molecule has 1 fully saturated rings. The molecular formula is C20H23BrN4. The van der Waals surface area contributed by atoms with Crippen LogP contribution in [0, 0.1) is 6.92 Å². The summed E-state index contributed by atoms with van der Waals surface area (Å²) in [5.74, 6) is 0.869. The topological polar surface area (TPSA) is 34.0 Å². The predicted octanol–water partition coefficient (Wildman–Crippen LogP) is 4.91. The lowest BCUT2D eigenvalue weighted by Crippen LogP contribution is -2.35. The lowest BCUT2D eigenvalue weighted by atomic mass is 10.0. The molecule has 0 N–H and O–H groups in total. The van der Waals surface area contributed by atoms with Crippen LogP contribution in [0.15, 0.2) is 41.3 Å². The fraction of sp³-hybridized carbons (Fsp3) is 0.400. The van der Waals surface area contributed by atoms with Crippen molar-refractivity contribution < 1.29 is 0 Å². The van der Waals surface area contributed by atoms with Crippen molar-refractivity contribution in [3.05, 3.63) is 52.4 Å². The van der Waals surface area contributed by atoms with E-state index in [0.29, 0.717) is 6.04 Å². The molecule has 1 aromatic carbocycles. The van der Waals surface area contributed by atoms with Crippen LogP contribution in [0.5, 0.6) is 0 Å². The Bertz CT molecular complexity index is 877. The summed E-state index contributed by atoms with van der Waals surface area (Å²) in [5.41, 5.74) is 3.87. The summed E-state index contributed by atoms with van der Waals surface area (Å²) < 4.78 is 3.61. The summed E-state index contributed by atoms with van der Waals surface area (Å²) in [6.45, 7) is 6.34. The van der Waals surface area contributed by atoms with E-state index in [1.165, 1.54) is 22.0 Å². The molecule has 3 aromatic rings. The number of hydrogen-bond donors (Lipinski definition) is 0. The van der Waals surface area contributed by atoms with Gasteiger partial charge in [-0.2, -0.15) is 0 Å². The average Bonchev–Trinajstić information content (AvgIpc) is 2.98. The molecule has 0 amide bonds. The number of nitrogens with zero attached hydrogens (tertiary/aromatic N) is 4. The molecule has 0 saturated carbocycles. The second-order valence-corrected chi connectivity index (χ2v) is 7.76. The molecule has 1 saturated heterocycles. The monoisotopic (exact) mass is 398 g/mol. The molecule has 1 aliphatic rings. The van der Waals surface area contributed by atoms with E-state index in [1.807, 2.05) is 12.4 Å². The SMILES string of the molecule is CCc1cnc(N2CCC(n3cc(C)c4cc(Br)ccc43)CC2)nc1. The molecule has 0 unspecified atom stereocenters. The highest BCUT2D eigenvalue weighted by Gasteiger charge is 2.23. The summed E-state index contributed by atoms with van der Waals surface area (Å²) in [4.78, 5) is 11.4. The van der Waals surface area contributed by atoms with Gasteiger partial charge >= 0.3 is 0 Å². The largest absolute Gasteiger partial charge is 0.344 e. The minimum absolute atomic E-state index is 0.545. The van der Waals surface area contributed by atoms with Gasteiger partial charge in [0.1, 0.15) is 0 Å². The Morgan fingerprint density at radius 1 is 1.16 bits per heavy atom. The summed E-state index contributed by atoms with van der Waals surface area (Å²) in [7, 11) is 0. The maximum Gasteiger partial charge on any atom is 0.225 e. The number of hydrogen-bond acceptors (Lipinski definition) is 3. The Labute approximate surface area is 157 Å². The van der Waals surface area contributed by atoms with Crippen LogP contribution >= 0.6 is 15.9 Å². The molecule has 4 nitrogen and oxygen atoms in total. The number of halogens is 1. The summed E-state index contributed by atoms with van der Waals surface area (Å²) >= 11 is 3.59. The number of aromatic nitrogens is 3. The zero-order valence-electron chi connectivity index (χ0n) is 14.7. The maximum absolute atomic E-state index is 4.54. The first kappa shape index (κ1) is 16.6. The lowest BCUT2D eigenvalue weighted by Gasteiger charge is -2.33. The van der Waals surface area contributed by atoms with Gasteiger partial charge in [0, 0.05) is 53.1 Å². The molecule has 5 heteroatoms. The Balaban J connectivity index is 1.52. The third kappa shape index (κ3) is 3.17. The van der Waals surface area contributed by atoms with Crippen molar-refractivity contribution in [2.75, 3.05) is 18.0 Å². The third-order valence-electron chi connectivity index (χ3n) is 5.23. The van der Waals surface area contributed by atoms with Crippen molar-refractivity contribution in [1.29, 1.82) is 0 Å². The molecular weight excluding hydrogens is 376 g/mol. The van der Waals surface area contributed by atoms with Crippen LogP contribution in [0.3, 0.4) is 0 Å². The van der Waals surface area contributed by atoms with E-state index in [-0.39, 0.29) is 0 Å². The van der Waals surface area contributed by atoms with Crippen LogP contribution in [0.25, 0.3) is 10.9 Å². The lowest BCUT2D eigenvalue weighted by molar-refractivity contribution is 0.402. The van der Waals surface area contributed by atoms with Gasteiger partial charge in [0.25, 0.3) is 0 Å². The zero-order valence-corrected chi connectivity index (χ0v) is 16.3.